The first-order chi connectivity index (χ1) is 13.9. The molecule has 0 saturated carbocycles. The van der Waals surface area contributed by atoms with E-state index < -0.39 is 0 Å². The number of para-hydroxylation sites is 1. The zero-order valence-corrected chi connectivity index (χ0v) is 15.7. The molecule has 3 nitrogen and oxygen atoms in total. The van der Waals surface area contributed by atoms with Crippen LogP contribution in [0, 0.1) is 0 Å². The average molecular weight is 377 g/mol. The topological polar surface area (TPSA) is 30.7 Å². The van der Waals surface area contributed by atoms with E-state index in [9.17, 15) is 0 Å². The number of hydrogen-bond acceptors (Lipinski definition) is 3. The van der Waals surface area contributed by atoms with E-state index in [1.54, 1.807) is 11.3 Å². The molecule has 0 aliphatic rings. The van der Waals surface area contributed by atoms with E-state index in [4.69, 9.17) is 4.98 Å². The molecule has 0 N–H and O–H groups in total. The van der Waals surface area contributed by atoms with Gasteiger partial charge in [0.05, 0.1) is 29.1 Å². The van der Waals surface area contributed by atoms with Crippen molar-refractivity contribution in [2.24, 2.45) is 0 Å². The van der Waals surface area contributed by atoms with Crippen molar-refractivity contribution in [3.63, 3.8) is 0 Å². The van der Waals surface area contributed by atoms with Crippen LogP contribution in [-0.2, 0) is 0 Å². The Kier molecular flexibility index (Phi) is 3.34. The van der Waals surface area contributed by atoms with E-state index in [0.29, 0.717) is 0 Å². The molecule has 0 amide bonds. The SMILES string of the molecule is c1ccc(-c2cnc(-n3c4ccccc4c4cc5sccc5cc43)cn2)cc1. The number of nitrogens with zero attached hydrogens (tertiary/aromatic N) is 3. The van der Waals surface area contributed by atoms with Gasteiger partial charge in [0.2, 0.25) is 0 Å². The lowest BCUT2D eigenvalue weighted by molar-refractivity contribution is 1.05. The van der Waals surface area contributed by atoms with Crippen molar-refractivity contribution < 1.29 is 0 Å². The van der Waals surface area contributed by atoms with Gasteiger partial charge in [0.1, 0.15) is 0 Å². The third-order valence-corrected chi connectivity index (χ3v) is 6.06. The van der Waals surface area contributed by atoms with Gasteiger partial charge in [-0.2, -0.15) is 0 Å². The smallest absolute Gasteiger partial charge is 0.156 e. The third kappa shape index (κ3) is 2.28. The summed E-state index contributed by atoms with van der Waals surface area (Å²) in [4.78, 5) is 9.46. The van der Waals surface area contributed by atoms with Crippen molar-refractivity contribution in [3.05, 3.63) is 90.6 Å². The molecule has 6 rings (SSSR count). The number of hydrogen-bond donors (Lipinski definition) is 0. The van der Waals surface area contributed by atoms with Crippen LogP contribution in [0.3, 0.4) is 0 Å². The fourth-order valence-corrected chi connectivity index (χ4v) is 4.68. The largest absolute Gasteiger partial charge is 0.292 e. The first kappa shape index (κ1) is 15.5. The minimum absolute atomic E-state index is 0.834. The molecular weight excluding hydrogens is 362 g/mol. The summed E-state index contributed by atoms with van der Waals surface area (Å²) in [6.45, 7) is 0. The number of thiophene rings is 1. The molecule has 0 saturated heterocycles. The maximum Gasteiger partial charge on any atom is 0.156 e. The summed E-state index contributed by atoms with van der Waals surface area (Å²) in [5.74, 6) is 0.834. The predicted molar refractivity (Wildman–Crippen MR) is 117 cm³/mol. The Morgan fingerprint density at radius 2 is 1.57 bits per heavy atom. The van der Waals surface area contributed by atoms with Crippen LogP contribution in [0.5, 0.6) is 0 Å². The second-order valence-electron chi connectivity index (χ2n) is 6.81. The molecule has 0 bridgehead atoms. The molecule has 132 valence electrons. The Morgan fingerprint density at radius 1 is 0.714 bits per heavy atom. The first-order valence-corrected chi connectivity index (χ1v) is 10.0. The van der Waals surface area contributed by atoms with E-state index >= 15 is 0 Å². The summed E-state index contributed by atoms with van der Waals surface area (Å²) in [5, 5.41) is 5.89. The van der Waals surface area contributed by atoms with Crippen molar-refractivity contribution >= 4 is 43.2 Å². The van der Waals surface area contributed by atoms with Crippen LogP contribution in [0.4, 0.5) is 0 Å². The zero-order valence-electron chi connectivity index (χ0n) is 14.9. The van der Waals surface area contributed by atoms with E-state index in [2.05, 4.69) is 69.5 Å². The monoisotopic (exact) mass is 377 g/mol. The summed E-state index contributed by atoms with van der Waals surface area (Å²) >= 11 is 1.78. The molecule has 0 aliphatic heterocycles. The van der Waals surface area contributed by atoms with E-state index in [1.165, 1.54) is 20.9 Å². The normalized spacial score (nSPS) is 11.6. The van der Waals surface area contributed by atoms with Gasteiger partial charge in [0.15, 0.2) is 5.82 Å². The molecule has 4 heteroatoms. The lowest BCUT2D eigenvalue weighted by atomic mass is 10.1. The Morgan fingerprint density at radius 3 is 2.43 bits per heavy atom. The van der Waals surface area contributed by atoms with E-state index in [0.717, 1.165) is 28.1 Å². The minimum atomic E-state index is 0.834. The van der Waals surface area contributed by atoms with Gasteiger partial charge in [-0.1, -0.05) is 48.5 Å². The van der Waals surface area contributed by atoms with Crippen LogP contribution < -0.4 is 0 Å². The molecule has 28 heavy (non-hydrogen) atoms. The molecular formula is C24H15N3S. The molecule has 0 radical (unpaired) electrons. The molecule has 0 atom stereocenters. The number of aromatic nitrogens is 3. The van der Waals surface area contributed by atoms with Crippen LogP contribution in [0.1, 0.15) is 0 Å². The molecule has 3 aromatic carbocycles. The zero-order chi connectivity index (χ0) is 18.5. The molecule has 0 spiro atoms. The van der Waals surface area contributed by atoms with Crippen molar-refractivity contribution in [1.29, 1.82) is 0 Å². The summed E-state index contributed by atoms with van der Waals surface area (Å²) in [7, 11) is 0. The number of rotatable bonds is 2. The fraction of sp³-hybridized carbons (Fsp3) is 0. The van der Waals surface area contributed by atoms with Crippen LogP contribution in [-0.4, -0.2) is 14.5 Å². The van der Waals surface area contributed by atoms with Gasteiger partial charge < -0.3 is 0 Å². The predicted octanol–water partition coefficient (Wildman–Crippen LogP) is 6.46. The Hall–Kier alpha value is -3.50. The van der Waals surface area contributed by atoms with Gasteiger partial charge in [-0.25, -0.2) is 4.98 Å². The van der Waals surface area contributed by atoms with Crippen molar-refractivity contribution in [2.45, 2.75) is 0 Å². The Bertz CT molecular complexity index is 1440. The number of benzene rings is 3. The van der Waals surface area contributed by atoms with Crippen molar-refractivity contribution in [2.75, 3.05) is 0 Å². The maximum atomic E-state index is 4.77. The summed E-state index contributed by atoms with van der Waals surface area (Å²) in [6, 6.07) is 25.4. The highest BCUT2D eigenvalue weighted by atomic mass is 32.1. The third-order valence-electron chi connectivity index (χ3n) is 5.18. The average Bonchev–Trinajstić information content (AvgIpc) is 3.35. The van der Waals surface area contributed by atoms with Crippen LogP contribution in [0.15, 0.2) is 90.6 Å². The maximum absolute atomic E-state index is 4.77. The lowest BCUT2D eigenvalue weighted by Crippen LogP contribution is -1.98. The fourth-order valence-electron chi connectivity index (χ4n) is 3.87. The highest BCUT2D eigenvalue weighted by Gasteiger charge is 2.14. The van der Waals surface area contributed by atoms with E-state index in [1.807, 2.05) is 30.6 Å². The van der Waals surface area contributed by atoms with Gasteiger partial charge in [-0.05, 0) is 35.0 Å². The summed E-state index contributed by atoms with van der Waals surface area (Å²) in [5.41, 5.74) is 4.26. The highest BCUT2D eigenvalue weighted by Crippen LogP contribution is 2.35. The Labute approximate surface area is 165 Å². The van der Waals surface area contributed by atoms with Gasteiger partial charge >= 0.3 is 0 Å². The molecule has 0 fully saturated rings. The summed E-state index contributed by atoms with van der Waals surface area (Å²) < 4.78 is 3.52. The van der Waals surface area contributed by atoms with Crippen LogP contribution >= 0.6 is 11.3 Å². The molecule has 0 unspecified atom stereocenters. The quantitative estimate of drug-likeness (QED) is 0.347. The summed E-state index contributed by atoms with van der Waals surface area (Å²) in [6.07, 6.45) is 3.72. The molecule has 3 heterocycles. The number of fused-ring (bicyclic) bond motifs is 4. The molecule has 3 aromatic heterocycles. The van der Waals surface area contributed by atoms with Gasteiger partial charge in [-0.15, -0.1) is 11.3 Å². The molecule has 0 aliphatic carbocycles. The van der Waals surface area contributed by atoms with Gasteiger partial charge in [-0.3, -0.25) is 9.55 Å². The van der Waals surface area contributed by atoms with E-state index in [-0.39, 0.29) is 0 Å². The van der Waals surface area contributed by atoms with Gasteiger partial charge in [0.25, 0.3) is 0 Å². The Balaban J connectivity index is 1.62. The highest BCUT2D eigenvalue weighted by molar-refractivity contribution is 7.17. The second kappa shape index (κ2) is 6.01. The van der Waals surface area contributed by atoms with Crippen molar-refractivity contribution in [1.82, 2.24) is 14.5 Å². The second-order valence-corrected chi connectivity index (χ2v) is 7.75. The minimum Gasteiger partial charge on any atom is -0.292 e. The standard InChI is InChI=1S/C24H15N3S/c1-2-6-16(7-3-1)20-14-26-24(15-25-20)27-21-9-5-4-8-18(21)19-13-23-17(10-11-28-23)12-22(19)27/h1-15H. The first-order valence-electron chi connectivity index (χ1n) is 9.17. The van der Waals surface area contributed by atoms with Gasteiger partial charge in [0, 0.05) is 21.0 Å². The van der Waals surface area contributed by atoms with Crippen LogP contribution in [0.25, 0.3) is 49.0 Å². The van der Waals surface area contributed by atoms with Crippen LogP contribution in [0.2, 0.25) is 0 Å². The molecule has 6 aromatic rings. The van der Waals surface area contributed by atoms with Crippen molar-refractivity contribution in [3.8, 4) is 17.1 Å². The lowest BCUT2D eigenvalue weighted by Gasteiger charge is -2.07.